The fourth-order valence-corrected chi connectivity index (χ4v) is 3.67. The Hall–Kier alpha value is -4.09. The molecular weight excluding hydrogens is 631 g/mol. The van der Waals surface area contributed by atoms with Gasteiger partial charge in [0.1, 0.15) is 0 Å². The van der Waals surface area contributed by atoms with Gasteiger partial charge in [-0.1, -0.05) is 47.8 Å². The van der Waals surface area contributed by atoms with Gasteiger partial charge in [0.15, 0.2) is 0 Å². The molecule has 0 radical (unpaired) electrons. The molecule has 0 saturated heterocycles. The second kappa shape index (κ2) is 10.7. The number of anilines is 4. The monoisotopic (exact) mass is 651 g/mol. The van der Waals surface area contributed by atoms with Crippen molar-refractivity contribution in [1.82, 2.24) is 0 Å². The maximum atomic E-state index is 6.08. The predicted molar refractivity (Wildman–Crippen MR) is 139 cm³/mol. The van der Waals surface area contributed by atoms with Gasteiger partial charge in [-0.2, -0.15) is 22.3 Å². The van der Waals surface area contributed by atoms with Crippen molar-refractivity contribution in [3.8, 4) is 11.5 Å². The molecule has 2 heterocycles. The van der Waals surface area contributed by atoms with E-state index in [1.54, 1.807) is 22.7 Å². The van der Waals surface area contributed by atoms with E-state index >= 15 is 0 Å². The van der Waals surface area contributed by atoms with Crippen molar-refractivity contribution < 1.29 is 25.8 Å². The number of nitrogens with zero attached hydrogens (tertiary/aromatic N) is 6. The van der Waals surface area contributed by atoms with Crippen LogP contribution in [0.4, 0.5) is 22.7 Å². The van der Waals surface area contributed by atoms with Crippen LogP contribution in [0, 0.1) is 25.5 Å². The van der Waals surface area contributed by atoms with Gasteiger partial charge in [-0.25, -0.2) is 0 Å². The van der Waals surface area contributed by atoms with E-state index < -0.39 is 0 Å². The van der Waals surface area contributed by atoms with Gasteiger partial charge in [-0.3, -0.25) is 0 Å². The second-order valence-electron chi connectivity index (χ2n) is 7.77. The van der Waals surface area contributed by atoms with Crippen LogP contribution < -0.4 is 24.6 Å². The average Bonchev–Trinajstić information content (AvgIpc) is 3.61. The zero-order chi connectivity index (χ0) is 23.5. The number of ether oxygens (including phenoxy) is 1. The van der Waals surface area contributed by atoms with E-state index in [-0.39, 0.29) is 21.1 Å². The standard InChI is InChI=1S/C28H20N6O.Pt/c1-3-9-23(10-4-1)31-19-29-33(21-31)25-13-7-15-27(17-25)35-28-16-8-14-26(18-28)34-22-32(20-30-34)24-11-5-2-6-12-24;/h1-16,19-22H;/q-4;+4. The molecule has 36 heavy (non-hydrogen) atoms. The third kappa shape index (κ3) is 5.11. The van der Waals surface area contributed by atoms with Gasteiger partial charge in [0.2, 0.25) is 0 Å². The zero-order valence-electron chi connectivity index (χ0n) is 19.0. The summed E-state index contributed by atoms with van der Waals surface area (Å²) in [6, 6.07) is 38.0. The Kier molecular flexibility index (Phi) is 7.01. The molecular formula is C28H20N6OPt. The van der Waals surface area contributed by atoms with Crippen molar-refractivity contribution in [1.29, 1.82) is 0 Å². The van der Waals surface area contributed by atoms with Gasteiger partial charge in [0, 0.05) is 22.9 Å². The number of hydrogen-bond acceptors (Lipinski definition) is 7. The van der Waals surface area contributed by atoms with Crippen molar-refractivity contribution in [2.75, 3.05) is 19.8 Å². The van der Waals surface area contributed by atoms with Crippen LogP contribution in [0.25, 0.3) is 0 Å². The number of para-hydroxylation sites is 2. The predicted octanol–water partition coefficient (Wildman–Crippen LogP) is 5.86. The Bertz CT molecular complexity index is 1260. The normalized spacial score (nSPS) is 14.3. The molecule has 4 aromatic rings. The van der Waals surface area contributed by atoms with Gasteiger partial charge in [0.25, 0.3) is 0 Å². The summed E-state index contributed by atoms with van der Waals surface area (Å²) in [5.74, 6) is 1.13. The minimum Gasteiger partial charge on any atom is -0.509 e. The Balaban J connectivity index is 0.00000267. The van der Waals surface area contributed by atoms with E-state index in [1.165, 1.54) is 0 Å². The summed E-state index contributed by atoms with van der Waals surface area (Å²) < 4.78 is 6.08. The first-order valence-corrected chi connectivity index (χ1v) is 11.1. The van der Waals surface area contributed by atoms with Crippen LogP contribution in [-0.4, -0.2) is 12.7 Å². The quantitative estimate of drug-likeness (QED) is 0.245. The van der Waals surface area contributed by atoms with Gasteiger partial charge in [-0.05, 0) is 24.3 Å². The van der Waals surface area contributed by atoms with Crippen molar-refractivity contribution in [2.24, 2.45) is 10.2 Å². The first-order chi connectivity index (χ1) is 17.3. The molecule has 4 aromatic carbocycles. The number of hydrogen-bond donors (Lipinski definition) is 0. The Labute approximate surface area is 224 Å². The third-order valence-corrected chi connectivity index (χ3v) is 5.40. The van der Waals surface area contributed by atoms with Crippen molar-refractivity contribution >= 4 is 35.4 Å². The zero-order valence-corrected chi connectivity index (χ0v) is 21.2. The van der Waals surface area contributed by atoms with Gasteiger partial charge >= 0.3 is 21.1 Å². The molecule has 2 aliphatic heterocycles. The molecule has 0 saturated carbocycles. The molecule has 8 heteroatoms. The van der Waals surface area contributed by atoms with E-state index in [2.05, 4.69) is 22.3 Å². The fourth-order valence-electron chi connectivity index (χ4n) is 3.67. The third-order valence-electron chi connectivity index (χ3n) is 5.40. The molecule has 6 rings (SSSR count). The van der Waals surface area contributed by atoms with E-state index in [4.69, 9.17) is 4.74 Å². The fraction of sp³-hybridized carbons (Fsp3) is 0. The SMILES string of the molecule is [Pt+4].[c-]1c(Oc2[c-]c(N3[CH-]N(c4ccccc4)C=N3)ccc2)cccc1N1[CH-]N(c2ccccc2)C=N1. The topological polar surface area (TPSA) is 46.9 Å². The van der Waals surface area contributed by atoms with Crippen LogP contribution in [-0.2, 0) is 21.1 Å². The molecule has 0 spiro atoms. The van der Waals surface area contributed by atoms with Crippen LogP contribution in [0.15, 0.2) is 107 Å². The molecule has 0 amide bonds. The first kappa shape index (κ1) is 23.6. The Morgan fingerprint density at radius 2 is 1.00 bits per heavy atom. The number of hydrazone groups is 2. The minimum atomic E-state index is 0. The molecule has 0 unspecified atom stereocenters. The smallest absolute Gasteiger partial charge is 0.509 e. The average molecular weight is 652 g/mol. The van der Waals surface area contributed by atoms with Crippen molar-refractivity contribution in [2.45, 2.75) is 0 Å². The van der Waals surface area contributed by atoms with Crippen molar-refractivity contribution in [3.05, 3.63) is 123 Å². The number of rotatable bonds is 6. The first-order valence-electron chi connectivity index (χ1n) is 11.1. The summed E-state index contributed by atoms with van der Waals surface area (Å²) in [6.45, 7) is 3.80. The molecule has 0 N–H and O–H groups in total. The van der Waals surface area contributed by atoms with Crippen LogP contribution in [0.3, 0.4) is 0 Å². The molecule has 2 aliphatic rings. The summed E-state index contributed by atoms with van der Waals surface area (Å²) >= 11 is 0. The molecule has 0 bridgehead atoms. The Morgan fingerprint density at radius 1 is 0.556 bits per heavy atom. The van der Waals surface area contributed by atoms with E-state index in [0.717, 1.165) is 22.7 Å². The van der Waals surface area contributed by atoms with E-state index in [9.17, 15) is 0 Å². The van der Waals surface area contributed by atoms with Gasteiger partial charge in [-0.15, -0.1) is 49.7 Å². The largest absolute Gasteiger partial charge is 4.00 e. The van der Waals surface area contributed by atoms with Crippen LogP contribution >= 0.6 is 0 Å². The molecule has 178 valence electrons. The second-order valence-corrected chi connectivity index (χ2v) is 7.77. The van der Waals surface area contributed by atoms with Gasteiger partial charge in [0.05, 0.1) is 12.7 Å². The Morgan fingerprint density at radius 3 is 1.44 bits per heavy atom. The maximum absolute atomic E-state index is 6.08. The van der Waals surface area contributed by atoms with Crippen LogP contribution in [0.5, 0.6) is 11.5 Å². The molecule has 7 nitrogen and oxygen atoms in total. The van der Waals surface area contributed by atoms with E-state index in [1.807, 2.05) is 120 Å². The summed E-state index contributed by atoms with van der Waals surface area (Å²) in [5, 5.41) is 12.4. The molecule has 0 fully saturated rings. The van der Waals surface area contributed by atoms with Crippen LogP contribution in [0.1, 0.15) is 0 Å². The minimum absolute atomic E-state index is 0. The van der Waals surface area contributed by atoms with Crippen LogP contribution in [0.2, 0.25) is 0 Å². The summed E-state index contributed by atoms with van der Waals surface area (Å²) in [4.78, 5) is 3.90. The van der Waals surface area contributed by atoms with Crippen molar-refractivity contribution in [3.63, 3.8) is 0 Å². The summed E-state index contributed by atoms with van der Waals surface area (Å²) in [5.41, 5.74) is 3.60. The summed E-state index contributed by atoms with van der Waals surface area (Å²) in [7, 11) is 0. The van der Waals surface area contributed by atoms with E-state index in [0.29, 0.717) is 11.5 Å². The molecule has 0 atom stereocenters. The summed E-state index contributed by atoms with van der Waals surface area (Å²) in [6.07, 6.45) is 3.53. The van der Waals surface area contributed by atoms with Gasteiger partial charge < -0.3 is 24.6 Å². The maximum Gasteiger partial charge on any atom is 4.00 e. The molecule has 0 aliphatic carbocycles. The molecule has 0 aromatic heterocycles. The number of benzene rings is 4.